The molecular formula is C11H14ClN5O. The van der Waals surface area contributed by atoms with Gasteiger partial charge in [-0.2, -0.15) is 10.1 Å². The van der Waals surface area contributed by atoms with Gasteiger partial charge in [0.15, 0.2) is 5.82 Å². The molecule has 1 fully saturated rings. The maximum atomic E-state index is 5.82. The summed E-state index contributed by atoms with van der Waals surface area (Å²) in [5.41, 5.74) is 0. The molecule has 6 nitrogen and oxygen atoms in total. The van der Waals surface area contributed by atoms with Gasteiger partial charge in [0.25, 0.3) is 0 Å². The summed E-state index contributed by atoms with van der Waals surface area (Å²) < 4.78 is 6.98. The Bertz CT molecular complexity index is 485. The SMILES string of the molecule is Cc1noc(CN2CC(Cn3cc(Cl)cn3)C2)n1. The first-order chi connectivity index (χ1) is 8.69. The van der Waals surface area contributed by atoms with Crippen molar-refractivity contribution < 1.29 is 4.52 Å². The first-order valence-corrected chi connectivity index (χ1v) is 6.26. The van der Waals surface area contributed by atoms with Gasteiger partial charge in [0, 0.05) is 31.7 Å². The Morgan fingerprint density at radius 3 is 2.94 bits per heavy atom. The molecule has 0 unspecified atom stereocenters. The third-order valence-corrected chi connectivity index (χ3v) is 3.20. The molecule has 2 aromatic rings. The summed E-state index contributed by atoms with van der Waals surface area (Å²) >= 11 is 5.82. The van der Waals surface area contributed by atoms with Crippen molar-refractivity contribution in [1.29, 1.82) is 0 Å². The lowest BCUT2D eigenvalue weighted by Gasteiger charge is -2.38. The summed E-state index contributed by atoms with van der Waals surface area (Å²) in [5.74, 6) is 1.99. The van der Waals surface area contributed by atoms with Crippen molar-refractivity contribution >= 4 is 11.6 Å². The molecule has 0 bridgehead atoms. The number of hydrogen-bond donors (Lipinski definition) is 0. The highest BCUT2D eigenvalue weighted by Gasteiger charge is 2.28. The Labute approximate surface area is 110 Å². The second-order valence-electron chi connectivity index (χ2n) is 4.68. The average Bonchev–Trinajstić information content (AvgIpc) is 2.85. The minimum absolute atomic E-state index is 0.616. The third kappa shape index (κ3) is 2.54. The Morgan fingerprint density at radius 1 is 1.50 bits per heavy atom. The van der Waals surface area contributed by atoms with Gasteiger partial charge in [-0.1, -0.05) is 16.8 Å². The van der Waals surface area contributed by atoms with Crippen LogP contribution in [0.25, 0.3) is 0 Å². The molecule has 0 radical (unpaired) electrons. The average molecular weight is 268 g/mol. The van der Waals surface area contributed by atoms with E-state index in [0.717, 1.165) is 26.2 Å². The van der Waals surface area contributed by atoms with Crippen molar-refractivity contribution in [3.8, 4) is 0 Å². The molecule has 0 amide bonds. The van der Waals surface area contributed by atoms with Gasteiger partial charge in [-0.25, -0.2) is 0 Å². The van der Waals surface area contributed by atoms with E-state index in [1.54, 1.807) is 6.20 Å². The normalized spacial score (nSPS) is 17.0. The van der Waals surface area contributed by atoms with Crippen LogP contribution < -0.4 is 0 Å². The number of nitrogens with zero attached hydrogens (tertiary/aromatic N) is 5. The number of hydrogen-bond acceptors (Lipinski definition) is 5. The predicted octanol–water partition coefficient (Wildman–Crippen LogP) is 1.36. The van der Waals surface area contributed by atoms with Crippen molar-refractivity contribution in [2.45, 2.75) is 20.0 Å². The van der Waals surface area contributed by atoms with Gasteiger partial charge in [-0.15, -0.1) is 0 Å². The molecule has 0 aromatic carbocycles. The first-order valence-electron chi connectivity index (χ1n) is 5.88. The maximum Gasteiger partial charge on any atom is 0.240 e. The lowest BCUT2D eigenvalue weighted by molar-refractivity contribution is 0.0669. The van der Waals surface area contributed by atoms with Crippen molar-refractivity contribution in [3.63, 3.8) is 0 Å². The van der Waals surface area contributed by atoms with E-state index >= 15 is 0 Å². The zero-order chi connectivity index (χ0) is 12.5. The van der Waals surface area contributed by atoms with Gasteiger partial charge < -0.3 is 4.52 Å². The zero-order valence-electron chi connectivity index (χ0n) is 10.1. The van der Waals surface area contributed by atoms with Crippen molar-refractivity contribution in [3.05, 3.63) is 29.1 Å². The zero-order valence-corrected chi connectivity index (χ0v) is 10.8. The minimum Gasteiger partial charge on any atom is -0.338 e. The molecule has 3 rings (SSSR count). The van der Waals surface area contributed by atoms with Crippen LogP contribution >= 0.6 is 11.6 Å². The number of halogens is 1. The fourth-order valence-electron chi connectivity index (χ4n) is 2.22. The van der Waals surface area contributed by atoms with Crippen molar-refractivity contribution in [1.82, 2.24) is 24.8 Å². The van der Waals surface area contributed by atoms with Crippen molar-refractivity contribution in [2.75, 3.05) is 13.1 Å². The lowest BCUT2D eigenvalue weighted by atomic mass is 10.0. The molecular weight excluding hydrogens is 254 g/mol. The van der Waals surface area contributed by atoms with Crippen LogP contribution in [-0.4, -0.2) is 37.9 Å². The van der Waals surface area contributed by atoms with E-state index in [9.17, 15) is 0 Å². The standard InChI is InChI=1S/C11H14ClN5O/c1-8-14-11(18-15-8)7-16-3-9(4-16)5-17-6-10(12)2-13-17/h2,6,9H,3-5,7H2,1H3. The van der Waals surface area contributed by atoms with E-state index in [1.807, 2.05) is 17.8 Å². The van der Waals surface area contributed by atoms with E-state index in [2.05, 4.69) is 20.1 Å². The number of aryl methyl sites for hydroxylation is 1. The summed E-state index contributed by atoms with van der Waals surface area (Å²) in [7, 11) is 0. The van der Waals surface area contributed by atoms with Gasteiger partial charge in [-0.3, -0.25) is 9.58 Å². The fraction of sp³-hybridized carbons (Fsp3) is 0.545. The molecule has 0 saturated carbocycles. The highest BCUT2D eigenvalue weighted by molar-refractivity contribution is 6.30. The largest absolute Gasteiger partial charge is 0.338 e. The molecule has 1 saturated heterocycles. The molecule has 0 aliphatic carbocycles. The maximum absolute atomic E-state index is 5.82. The number of aromatic nitrogens is 4. The molecule has 2 aromatic heterocycles. The van der Waals surface area contributed by atoms with Gasteiger partial charge in [-0.05, 0) is 6.92 Å². The summed E-state index contributed by atoms with van der Waals surface area (Å²) in [6, 6.07) is 0. The highest BCUT2D eigenvalue weighted by atomic mass is 35.5. The highest BCUT2D eigenvalue weighted by Crippen LogP contribution is 2.20. The smallest absolute Gasteiger partial charge is 0.240 e. The lowest BCUT2D eigenvalue weighted by Crippen LogP contribution is -2.47. The summed E-state index contributed by atoms with van der Waals surface area (Å²) in [4.78, 5) is 6.47. The summed E-state index contributed by atoms with van der Waals surface area (Å²) in [6.45, 7) is 5.52. The molecule has 96 valence electrons. The predicted molar refractivity (Wildman–Crippen MR) is 65.0 cm³/mol. The fourth-order valence-corrected chi connectivity index (χ4v) is 2.38. The quantitative estimate of drug-likeness (QED) is 0.837. The van der Waals surface area contributed by atoms with Crippen LogP contribution in [0.15, 0.2) is 16.9 Å². The van der Waals surface area contributed by atoms with Crippen LogP contribution in [0.5, 0.6) is 0 Å². The molecule has 0 spiro atoms. The Balaban J connectivity index is 1.46. The van der Waals surface area contributed by atoms with Crippen molar-refractivity contribution in [2.24, 2.45) is 5.92 Å². The molecule has 0 atom stereocenters. The van der Waals surface area contributed by atoms with Gasteiger partial charge in [0.05, 0.1) is 17.8 Å². The second-order valence-corrected chi connectivity index (χ2v) is 5.11. The van der Waals surface area contributed by atoms with Crippen LogP contribution in [0.1, 0.15) is 11.7 Å². The molecule has 7 heteroatoms. The van der Waals surface area contributed by atoms with E-state index in [4.69, 9.17) is 16.1 Å². The Kier molecular flexibility index (Phi) is 3.05. The first kappa shape index (κ1) is 11.7. The molecule has 18 heavy (non-hydrogen) atoms. The van der Waals surface area contributed by atoms with E-state index in [0.29, 0.717) is 22.7 Å². The summed E-state index contributed by atoms with van der Waals surface area (Å²) in [5, 5.41) is 8.64. The third-order valence-electron chi connectivity index (χ3n) is 3.01. The van der Waals surface area contributed by atoms with Gasteiger partial charge in [0.2, 0.25) is 5.89 Å². The molecule has 1 aliphatic rings. The van der Waals surface area contributed by atoms with Crippen LogP contribution in [0.4, 0.5) is 0 Å². The number of likely N-dealkylation sites (tertiary alicyclic amines) is 1. The molecule has 0 N–H and O–H groups in total. The topological polar surface area (TPSA) is 60.0 Å². The van der Waals surface area contributed by atoms with Crippen LogP contribution in [-0.2, 0) is 13.1 Å². The van der Waals surface area contributed by atoms with E-state index in [-0.39, 0.29) is 0 Å². The monoisotopic (exact) mass is 267 g/mol. The van der Waals surface area contributed by atoms with E-state index < -0.39 is 0 Å². The Hall–Kier alpha value is -1.40. The molecule has 3 heterocycles. The molecule has 1 aliphatic heterocycles. The summed E-state index contributed by atoms with van der Waals surface area (Å²) in [6.07, 6.45) is 3.52. The van der Waals surface area contributed by atoms with Gasteiger partial charge in [0.1, 0.15) is 0 Å². The Morgan fingerprint density at radius 2 is 2.33 bits per heavy atom. The number of rotatable bonds is 4. The van der Waals surface area contributed by atoms with Crippen LogP contribution in [0, 0.1) is 12.8 Å². The van der Waals surface area contributed by atoms with Crippen LogP contribution in [0.3, 0.4) is 0 Å². The minimum atomic E-state index is 0.616. The van der Waals surface area contributed by atoms with Crippen LogP contribution in [0.2, 0.25) is 5.02 Å². The second kappa shape index (κ2) is 4.70. The van der Waals surface area contributed by atoms with E-state index in [1.165, 1.54) is 0 Å². The van der Waals surface area contributed by atoms with Gasteiger partial charge >= 0.3 is 0 Å².